The Kier molecular flexibility index (Phi) is 5.07. The van der Waals surface area contributed by atoms with Crippen LogP contribution in [0.5, 0.6) is 5.75 Å². The summed E-state index contributed by atoms with van der Waals surface area (Å²) < 4.78 is 41.6. The Morgan fingerprint density at radius 2 is 1.89 bits per heavy atom. The van der Waals surface area contributed by atoms with Crippen molar-refractivity contribution in [1.82, 2.24) is 14.9 Å². The summed E-state index contributed by atoms with van der Waals surface area (Å²) in [6, 6.07) is 7.53. The lowest BCUT2D eigenvalue weighted by Crippen LogP contribution is -2.28. The summed E-state index contributed by atoms with van der Waals surface area (Å²) >= 11 is 0. The highest BCUT2D eigenvalue weighted by molar-refractivity contribution is 5.99. The molecular weight excluding hydrogens is 379 g/mol. The van der Waals surface area contributed by atoms with Crippen LogP contribution in [0.2, 0.25) is 0 Å². The number of pyridine rings is 1. The highest BCUT2D eigenvalue weighted by Gasteiger charge is 2.30. The number of halogens is 3. The fraction of sp³-hybridized carbons (Fsp3) is 0.118. The van der Waals surface area contributed by atoms with Crippen molar-refractivity contribution in [3.05, 3.63) is 59.9 Å². The lowest BCUT2D eigenvalue weighted by atomic mass is 10.2. The standard InChI is InChI=1S/C17H14F3N5O3/c18-17(19,20)28-12-3-1-11(2-4-12)24-16(27)22-8-10-5-6-25-14(7-10)13(9-23-25)15(21)26/h1-7,9H,8H2,(H2,21,26)(H2,22,24,27). The quantitative estimate of drug-likeness (QED) is 0.619. The molecule has 0 aliphatic rings. The minimum absolute atomic E-state index is 0.140. The molecule has 11 heteroatoms. The zero-order valence-corrected chi connectivity index (χ0v) is 14.2. The van der Waals surface area contributed by atoms with E-state index < -0.39 is 24.1 Å². The van der Waals surface area contributed by atoms with Crippen LogP contribution in [0.25, 0.3) is 5.52 Å². The van der Waals surface area contributed by atoms with E-state index in [-0.39, 0.29) is 17.8 Å². The average Bonchev–Trinajstić information content (AvgIpc) is 3.04. The highest BCUT2D eigenvalue weighted by Crippen LogP contribution is 2.23. The van der Waals surface area contributed by atoms with Gasteiger partial charge in [0.25, 0.3) is 5.91 Å². The fourth-order valence-corrected chi connectivity index (χ4v) is 2.42. The molecule has 8 nitrogen and oxygen atoms in total. The second-order valence-electron chi connectivity index (χ2n) is 5.67. The molecule has 3 aromatic rings. The van der Waals surface area contributed by atoms with Crippen molar-refractivity contribution in [1.29, 1.82) is 0 Å². The molecule has 0 bridgehead atoms. The first-order chi connectivity index (χ1) is 13.2. The zero-order valence-electron chi connectivity index (χ0n) is 14.2. The minimum atomic E-state index is -4.78. The van der Waals surface area contributed by atoms with Gasteiger partial charge >= 0.3 is 12.4 Å². The SMILES string of the molecule is NC(=O)c1cnn2ccc(CNC(=O)Nc3ccc(OC(F)(F)F)cc3)cc12. The molecule has 1 aromatic carbocycles. The first-order valence-electron chi connectivity index (χ1n) is 7.88. The zero-order chi connectivity index (χ0) is 20.3. The van der Waals surface area contributed by atoms with E-state index >= 15 is 0 Å². The maximum atomic E-state index is 12.1. The van der Waals surface area contributed by atoms with Gasteiger partial charge in [0, 0.05) is 18.4 Å². The van der Waals surface area contributed by atoms with Gasteiger partial charge in [-0.1, -0.05) is 0 Å². The van der Waals surface area contributed by atoms with E-state index in [4.69, 9.17) is 5.73 Å². The molecule has 0 aliphatic carbocycles. The molecule has 0 unspecified atom stereocenters. The Balaban J connectivity index is 1.59. The van der Waals surface area contributed by atoms with Gasteiger partial charge in [0.1, 0.15) is 5.75 Å². The second kappa shape index (κ2) is 7.47. The van der Waals surface area contributed by atoms with Gasteiger partial charge in [-0.05, 0) is 42.0 Å². The molecular formula is C17H14F3N5O3. The molecule has 3 rings (SSSR count). The third-order valence-corrected chi connectivity index (χ3v) is 3.65. The molecule has 4 N–H and O–H groups in total. The van der Waals surface area contributed by atoms with Crippen molar-refractivity contribution in [2.45, 2.75) is 12.9 Å². The molecule has 2 heterocycles. The number of carbonyl (C=O) groups is 2. The van der Waals surface area contributed by atoms with Gasteiger partial charge in [-0.2, -0.15) is 5.10 Å². The summed E-state index contributed by atoms with van der Waals surface area (Å²) in [5.41, 5.74) is 7.03. The van der Waals surface area contributed by atoms with Gasteiger partial charge in [0.15, 0.2) is 0 Å². The third-order valence-electron chi connectivity index (χ3n) is 3.65. The minimum Gasteiger partial charge on any atom is -0.406 e. The summed E-state index contributed by atoms with van der Waals surface area (Å²) in [4.78, 5) is 23.3. The van der Waals surface area contributed by atoms with E-state index in [0.717, 1.165) is 12.1 Å². The molecule has 0 spiro atoms. The van der Waals surface area contributed by atoms with E-state index in [0.29, 0.717) is 11.1 Å². The molecule has 0 radical (unpaired) electrons. The smallest absolute Gasteiger partial charge is 0.406 e. The largest absolute Gasteiger partial charge is 0.573 e. The molecule has 146 valence electrons. The van der Waals surface area contributed by atoms with Crippen molar-refractivity contribution in [3.8, 4) is 5.75 Å². The Morgan fingerprint density at radius 3 is 2.54 bits per heavy atom. The van der Waals surface area contributed by atoms with Crippen LogP contribution in [0.15, 0.2) is 48.8 Å². The van der Waals surface area contributed by atoms with Crippen molar-refractivity contribution >= 4 is 23.1 Å². The fourth-order valence-electron chi connectivity index (χ4n) is 2.42. The molecule has 3 amide bonds. The van der Waals surface area contributed by atoms with Gasteiger partial charge in [-0.3, -0.25) is 4.79 Å². The van der Waals surface area contributed by atoms with E-state index in [1.807, 2.05) is 0 Å². The van der Waals surface area contributed by atoms with E-state index in [9.17, 15) is 22.8 Å². The Bertz CT molecular complexity index is 1020. The number of nitrogens with one attached hydrogen (secondary N) is 2. The first-order valence-corrected chi connectivity index (χ1v) is 7.88. The number of hydrogen-bond donors (Lipinski definition) is 3. The third kappa shape index (κ3) is 4.69. The van der Waals surface area contributed by atoms with Crippen LogP contribution in [0, 0.1) is 0 Å². The maximum Gasteiger partial charge on any atom is 0.573 e. The predicted molar refractivity (Wildman–Crippen MR) is 92.7 cm³/mol. The van der Waals surface area contributed by atoms with Crippen LogP contribution in [0.4, 0.5) is 23.7 Å². The van der Waals surface area contributed by atoms with Gasteiger partial charge in [-0.25, -0.2) is 9.31 Å². The van der Waals surface area contributed by atoms with Gasteiger partial charge in [0.2, 0.25) is 0 Å². The molecule has 0 saturated heterocycles. The lowest BCUT2D eigenvalue weighted by Gasteiger charge is -2.10. The number of primary amides is 1. The van der Waals surface area contributed by atoms with Crippen LogP contribution in [-0.4, -0.2) is 27.9 Å². The Labute approximate surface area is 156 Å². The summed E-state index contributed by atoms with van der Waals surface area (Å²) in [6.45, 7) is 0.140. The monoisotopic (exact) mass is 393 g/mol. The number of hydrogen-bond acceptors (Lipinski definition) is 4. The predicted octanol–water partition coefficient (Wildman–Crippen LogP) is 2.65. The summed E-state index contributed by atoms with van der Waals surface area (Å²) in [6.07, 6.45) is -1.80. The molecule has 0 aliphatic heterocycles. The number of amides is 3. The molecule has 28 heavy (non-hydrogen) atoms. The van der Waals surface area contributed by atoms with E-state index in [1.54, 1.807) is 18.3 Å². The molecule has 0 saturated carbocycles. The number of nitrogens with zero attached hydrogens (tertiary/aromatic N) is 2. The summed E-state index contributed by atoms with van der Waals surface area (Å²) in [5, 5.41) is 9.08. The van der Waals surface area contributed by atoms with Gasteiger partial charge in [0.05, 0.1) is 17.3 Å². The second-order valence-corrected chi connectivity index (χ2v) is 5.67. The number of nitrogens with two attached hydrogens (primary N) is 1. The van der Waals surface area contributed by atoms with E-state index in [2.05, 4.69) is 20.5 Å². The number of benzene rings is 1. The van der Waals surface area contributed by atoms with Crippen LogP contribution >= 0.6 is 0 Å². The van der Waals surface area contributed by atoms with Crippen LogP contribution in [-0.2, 0) is 6.54 Å². The van der Waals surface area contributed by atoms with Crippen molar-refractivity contribution in [2.24, 2.45) is 5.73 Å². The molecule has 0 atom stereocenters. The number of anilines is 1. The van der Waals surface area contributed by atoms with E-state index in [1.165, 1.54) is 22.8 Å². The Hall–Kier alpha value is -3.76. The number of aromatic nitrogens is 2. The molecule has 2 aromatic heterocycles. The van der Waals surface area contributed by atoms with Crippen molar-refractivity contribution in [2.75, 3.05) is 5.32 Å². The van der Waals surface area contributed by atoms with Crippen LogP contribution in [0.3, 0.4) is 0 Å². The number of rotatable bonds is 5. The number of ether oxygens (including phenoxy) is 1. The van der Waals surface area contributed by atoms with Gasteiger partial charge < -0.3 is 21.1 Å². The van der Waals surface area contributed by atoms with Gasteiger partial charge in [-0.15, -0.1) is 13.2 Å². The van der Waals surface area contributed by atoms with Crippen molar-refractivity contribution in [3.63, 3.8) is 0 Å². The van der Waals surface area contributed by atoms with Crippen molar-refractivity contribution < 1.29 is 27.5 Å². The maximum absolute atomic E-state index is 12.1. The number of carbonyl (C=O) groups excluding carboxylic acids is 2. The summed E-state index contributed by atoms with van der Waals surface area (Å²) in [7, 11) is 0. The number of alkyl halides is 3. The Morgan fingerprint density at radius 1 is 1.18 bits per heavy atom. The normalized spacial score (nSPS) is 11.2. The average molecular weight is 393 g/mol. The summed E-state index contributed by atoms with van der Waals surface area (Å²) in [5.74, 6) is -1.01. The van der Waals surface area contributed by atoms with Crippen LogP contribution < -0.4 is 21.1 Å². The highest BCUT2D eigenvalue weighted by atomic mass is 19.4. The number of urea groups is 1. The first kappa shape index (κ1) is 19.0. The number of fused-ring (bicyclic) bond motifs is 1. The van der Waals surface area contributed by atoms with Crippen LogP contribution in [0.1, 0.15) is 15.9 Å². The molecule has 0 fully saturated rings. The topological polar surface area (TPSA) is 111 Å². The lowest BCUT2D eigenvalue weighted by molar-refractivity contribution is -0.274.